The largest absolute Gasteiger partial charge is 0.508 e. The van der Waals surface area contributed by atoms with Gasteiger partial charge in [0.25, 0.3) is 0 Å². The van der Waals surface area contributed by atoms with Crippen molar-refractivity contribution in [3.8, 4) is 16.9 Å². The maximum Gasteiger partial charge on any atom is 0.203 e. The normalized spacial score (nSPS) is 28.4. The molecular formula is C37H44O7. The Balaban J connectivity index is 1.83. The van der Waals surface area contributed by atoms with Crippen LogP contribution in [0.2, 0.25) is 0 Å². The lowest BCUT2D eigenvalue weighted by Crippen LogP contribution is -2.69. The van der Waals surface area contributed by atoms with Gasteiger partial charge in [0.1, 0.15) is 22.8 Å². The minimum atomic E-state index is -2.63. The molecule has 4 atom stereocenters. The highest BCUT2D eigenvalue weighted by Crippen LogP contribution is 2.65. The van der Waals surface area contributed by atoms with E-state index in [-0.39, 0.29) is 41.6 Å². The molecule has 0 heterocycles. The molecule has 4 N–H and O–H groups in total. The van der Waals surface area contributed by atoms with Gasteiger partial charge in [0.05, 0.1) is 5.56 Å². The van der Waals surface area contributed by atoms with Gasteiger partial charge in [-0.2, -0.15) is 0 Å². The van der Waals surface area contributed by atoms with Crippen LogP contribution in [0.3, 0.4) is 0 Å². The fourth-order valence-corrected chi connectivity index (χ4v) is 8.73. The highest BCUT2D eigenvalue weighted by atomic mass is 16.3. The fourth-order valence-electron chi connectivity index (χ4n) is 8.73. The first-order valence-electron chi connectivity index (χ1n) is 15.6. The molecule has 0 spiro atoms. The fraction of sp³-hybridized carbons (Fsp3) is 0.486. The molecule has 3 aliphatic carbocycles. The first kappa shape index (κ1) is 31.7. The zero-order valence-electron chi connectivity index (χ0n) is 27.0. The van der Waals surface area contributed by atoms with Gasteiger partial charge >= 0.3 is 0 Å². The summed E-state index contributed by atoms with van der Waals surface area (Å²) in [5.74, 6) is -5.15. The molecule has 0 bridgehead atoms. The van der Waals surface area contributed by atoms with Crippen molar-refractivity contribution in [2.75, 3.05) is 0 Å². The van der Waals surface area contributed by atoms with E-state index in [9.17, 15) is 34.8 Å². The van der Waals surface area contributed by atoms with Gasteiger partial charge in [-0.15, -0.1) is 0 Å². The van der Waals surface area contributed by atoms with Crippen molar-refractivity contribution in [3.05, 3.63) is 69.5 Å². The highest BCUT2D eigenvalue weighted by molar-refractivity contribution is 6.24. The maximum atomic E-state index is 14.6. The maximum absolute atomic E-state index is 14.6. The third-order valence-electron chi connectivity index (χ3n) is 10.4. The molecule has 234 valence electrons. The van der Waals surface area contributed by atoms with Crippen LogP contribution >= 0.6 is 0 Å². The lowest BCUT2D eigenvalue weighted by Gasteiger charge is -2.60. The standard InChI is InChI=1S/C37H44O7/c1-9-11-21-12-10-13-22(14-21)24-15-23(18(2)3)25-16-35(7)17-36(8)28(19(4)5)31(40)26(20(6)38)33(42)37(36,44)34(43)29(35)32(41)27(25)30(24)39/h10,12-15,18-19,28,39,41-42,44H,9,11,16-17H2,1-8H3/t28?,35-,36-,37+/m1/s1. The number of aliphatic hydroxyl groups is 3. The number of ketones is 3. The second-order valence-corrected chi connectivity index (χ2v) is 14.3. The summed E-state index contributed by atoms with van der Waals surface area (Å²) >= 11 is 0. The van der Waals surface area contributed by atoms with E-state index in [0.29, 0.717) is 11.1 Å². The summed E-state index contributed by atoms with van der Waals surface area (Å²) in [5, 5.41) is 47.5. The molecule has 3 aliphatic rings. The van der Waals surface area contributed by atoms with E-state index >= 15 is 0 Å². The van der Waals surface area contributed by atoms with Crippen molar-refractivity contribution in [2.24, 2.45) is 22.7 Å². The molecular weight excluding hydrogens is 556 g/mol. The van der Waals surface area contributed by atoms with Crippen molar-refractivity contribution < 1.29 is 34.8 Å². The molecule has 5 rings (SSSR count). The second kappa shape index (κ2) is 10.4. The van der Waals surface area contributed by atoms with Crippen LogP contribution in [-0.4, -0.2) is 43.4 Å². The van der Waals surface area contributed by atoms with Gasteiger partial charge in [-0.25, -0.2) is 0 Å². The van der Waals surface area contributed by atoms with Gasteiger partial charge in [0, 0.05) is 27.9 Å². The zero-order valence-corrected chi connectivity index (χ0v) is 27.0. The number of hydrogen-bond acceptors (Lipinski definition) is 7. The Morgan fingerprint density at radius 1 is 1.05 bits per heavy atom. The average Bonchev–Trinajstić information content (AvgIpc) is 2.90. The predicted octanol–water partition coefficient (Wildman–Crippen LogP) is 6.93. The van der Waals surface area contributed by atoms with Crippen LogP contribution in [0.15, 0.2) is 47.2 Å². The molecule has 44 heavy (non-hydrogen) atoms. The number of allylic oxidation sites excluding steroid dienone is 1. The molecule has 2 aromatic carbocycles. The quantitative estimate of drug-likeness (QED) is 0.264. The third kappa shape index (κ3) is 4.15. The SMILES string of the molecule is CCCc1cccc(-c2cc(C(C)C)c3c(c2O)C(O)=C2C(=O)[C@@]4(O)C(O)=C(C(C)=O)C(=O)C(C(C)C)[C@@]4(C)C[C@@]2(C)C3)c1. The number of Topliss-reactive ketones (excluding diaryl/α,β-unsaturated/α-hetero) is 3. The number of aliphatic hydroxyl groups excluding tert-OH is 2. The first-order valence-corrected chi connectivity index (χ1v) is 15.6. The van der Waals surface area contributed by atoms with Crippen LogP contribution in [0.1, 0.15) is 96.4 Å². The molecule has 1 unspecified atom stereocenters. The molecule has 1 fully saturated rings. The Morgan fingerprint density at radius 3 is 2.27 bits per heavy atom. The molecule has 2 aromatic rings. The topological polar surface area (TPSA) is 132 Å². The number of carbonyl (C=O) groups excluding carboxylic acids is 3. The van der Waals surface area contributed by atoms with Crippen LogP contribution in [-0.2, 0) is 27.2 Å². The minimum absolute atomic E-state index is 0.0106. The van der Waals surface area contributed by atoms with Crippen LogP contribution in [0.4, 0.5) is 0 Å². The Labute approximate surface area is 259 Å². The van der Waals surface area contributed by atoms with Crippen molar-refractivity contribution in [3.63, 3.8) is 0 Å². The summed E-state index contributed by atoms with van der Waals surface area (Å²) < 4.78 is 0. The lowest BCUT2D eigenvalue weighted by molar-refractivity contribution is -0.178. The van der Waals surface area contributed by atoms with Gasteiger partial charge in [-0.05, 0) is 66.3 Å². The summed E-state index contributed by atoms with van der Waals surface area (Å²) in [5.41, 5.74) is -1.65. The number of aromatic hydroxyl groups is 1. The molecule has 0 radical (unpaired) electrons. The predicted molar refractivity (Wildman–Crippen MR) is 169 cm³/mol. The average molecular weight is 601 g/mol. The van der Waals surface area contributed by atoms with E-state index in [1.165, 1.54) is 0 Å². The summed E-state index contributed by atoms with van der Waals surface area (Å²) in [4.78, 5) is 41.0. The van der Waals surface area contributed by atoms with Crippen LogP contribution in [0.5, 0.6) is 5.75 Å². The summed E-state index contributed by atoms with van der Waals surface area (Å²) in [6.45, 7) is 14.3. The molecule has 0 saturated heterocycles. The number of benzene rings is 2. The van der Waals surface area contributed by atoms with Crippen molar-refractivity contribution in [1.29, 1.82) is 0 Å². The number of phenolic OH excluding ortho intramolecular Hbond substituents is 1. The number of fused-ring (bicyclic) bond motifs is 3. The number of carbonyl (C=O) groups is 3. The number of phenols is 1. The van der Waals surface area contributed by atoms with E-state index in [1.807, 2.05) is 51.1 Å². The van der Waals surface area contributed by atoms with Gasteiger partial charge < -0.3 is 20.4 Å². The smallest absolute Gasteiger partial charge is 0.203 e. The molecule has 0 amide bonds. The Morgan fingerprint density at radius 2 is 1.70 bits per heavy atom. The lowest BCUT2D eigenvalue weighted by atomic mass is 9.43. The monoisotopic (exact) mass is 600 g/mol. The van der Waals surface area contributed by atoms with Gasteiger partial charge in [-0.1, -0.05) is 79.2 Å². The number of rotatable bonds is 6. The van der Waals surface area contributed by atoms with Gasteiger partial charge in [0.2, 0.25) is 5.78 Å². The Hall–Kier alpha value is -3.71. The van der Waals surface area contributed by atoms with E-state index < -0.39 is 56.8 Å². The molecule has 0 aliphatic heterocycles. The van der Waals surface area contributed by atoms with E-state index in [2.05, 4.69) is 6.92 Å². The molecule has 1 saturated carbocycles. The van der Waals surface area contributed by atoms with Crippen molar-refractivity contribution in [1.82, 2.24) is 0 Å². The summed E-state index contributed by atoms with van der Waals surface area (Å²) in [6.07, 6.45) is 2.17. The summed E-state index contributed by atoms with van der Waals surface area (Å²) in [6, 6.07) is 9.84. The zero-order chi connectivity index (χ0) is 32.7. The molecule has 7 nitrogen and oxygen atoms in total. The van der Waals surface area contributed by atoms with Crippen molar-refractivity contribution in [2.45, 2.75) is 92.6 Å². The van der Waals surface area contributed by atoms with Crippen LogP contribution in [0.25, 0.3) is 16.9 Å². The highest BCUT2D eigenvalue weighted by Gasteiger charge is 2.72. The van der Waals surface area contributed by atoms with Crippen LogP contribution in [0, 0.1) is 22.7 Å². The minimum Gasteiger partial charge on any atom is -0.508 e. The van der Waals surface area contributed by atoms with Gasteiger partial charge in [0.15, 0.2) is 17.2 Å². The Kier molecular flexibility index (Phi) is 7.52. The third-order valence-corrected chi connectivity index (χ3v) is 10.4. The summed E-state index contributed by atoms with van der Waals surface area (Å²) in [7, 11) is 0. The van der Waals surface area contributed by atoms with E-state index in [0.717, 1.165) is 36.5 Å². The second-order valence-electron chi connectivity index (χ2n) is 14.3. The first-order chi connectivity index (χ1) is 20.5. The number of hydrogen-bond donors (Lipinski definition) is 4. The van der Waals surface area contributed by atoms with E-state index in [1.54, 1.807) is 20.8 Å². The Bertz CT molecular complexity index is 1670. The van der Waals surface area contributed by atoms with Crippen LogP contribution < -0.4 is 0 Å². The van der Waals surface area contributed by atoms with E-state index in [4.69, 9.17) is 0 Å². The molecule has 0 aromatic heterocycles. The van der Waals surface area contributed by atoms with Gasteiger partial charge in [-0.3, -0.25) is 14.4 Å². The number of aryl methyl sites for hydroxylation is 1. The van der Waals surface area contributed by atoms with Crippen molar-refractivity contribution >= 4 is 23.1 Å². The molecule has 7 heteroatoms.